The van der Waals surface area contributed by atoms with Gasteiger partial charge in [0.1, 0.15) is 0 Å². The second kappa shape index (κ2) is 5.47. The SMILES string of the molecule is CC(C)=CC=CC=C(N)C=O. The van der Waals surface area contributed by atoms with E-state index in [1.165, 1.54) is 5.57 Å². The quantitative estimate of drug-likeness (QED) is 0.378. The molecule has 0 spiro atoms. The lowest BCUT2D eigenvalue weighted by Gasteiger charge is -1.82. The highest BCUT2D eigenvalue weighted by atomic mass is 16.1. The number of carbonyl (C=O) groups is 1. The fourth-order valence-electron chi connectivity index (χ4n) is 0.454. The minimum atomic E-state index is 0.239. The van der Waals surface area contributed by atoms with Gasteiger partial charge in [-0.3, -0.25) is 4.79 Å². The van der Waals surface area contributed by atoms with Gasteiger partial charge in [0.15, 0.2) is 6.29 Å². The molecule has 0 saturated carbocycles. The fraction of sp³-hybridized carbons (Fsp3) is 0.222. The maximum atomic E-state index is 9.99. The van der Waals surface area contributed by atoms with E-state index in [2.05, 4.69) is 0 Å². The van der Waals surface area contributed by atoms with Gasteiger partial charge >= 0.3 is 0 Å². The van der Waals surface area contributed by atoms with Crippen molar-refractivity contribution in [2.75, 3.05) is 0 Å². The molecule has 11 heavy (non-hydrogen) atoms. The Labute approximate surface area is 67.1 Å². The number of carbonyl (C=O) groups excluding carboxylic acids is 1. The van der Waals surface area contributed by atoms with Crippen LogP contribution < -0.4 is 5.73 Å². The second-order valence-electron chi connectivity index (χ2n) is 2.41. The first-order valence-corrected chi connectivity index (χ1v) is 3.39. The third-order valence-corrected chi connectivity index (χ3v) is 0.965. The Morgan fingerprint density at radius 2 is 1.73 bits per heavy atom. The van der Waals surface area contributed by atoms with Gasteiger partial charge in [0.25, 0.3) is 0 Å². The maximum absolute atomic E-state index is 9.99. The van der Waals surface area contributed by atoms with E-state index < -0.39 is 0 Å². The molecular weight excluding hydrogens is 138 g/mol. The molecule has 0 fully saturated rings. The van der Waals surface area contributed by atoms with Crippen molar-refractivity contribution in [3.05, 3.63) is 35.6 Å². The van der Waals surface area contributed by atoms with Crippen LogP contribution in [-0.4, -0.2) is 6.29 Å². The molecule has 0 aliphatic carbocycles. The van der Waals surface area contributed by atoms with Crippen molar-refractivity contribution in [2.24, 2.45) is 5.73 Å². The summed E-state index contributed by atoms with van der Waals surface area (Å²) in [6.45, 7) is 3.99. The van der Waals surface area contributed by atoms with Gasteiger partial charge < -0.3 is 5.73 Å². The summed E-state index contributed by atoms with van der Waals surface area (Å²) in [5.74, 6) is 0. The molecule has 0 aromatic carbocycles. The van der Waals surface area contributed by atoms with Crippen molar-refractivity contribution in [3.8, 4) is 0 Å². The first kappa shape index (κ1) is 9.69. The van der Waals surface area contributed by atoms with Crippen molar-refractivity contribution in [1.29, 1.82) is 0 Å². The van der Waals surface area contributed by atoms with E-state index in [4.69, 9.17) is 5.73 Å². The molecule has 0 bridgehead atoms. The lowest BCUT2D eigenvalue weighted by Crippen LogP contribution is -1.95. The molecule has 0 amide bonds. The predicted molar refractivity (Wildman–Crippen MR) is 46.9 cm³/mol. The first-order valence-electron chi connectivity index (χ1n) is 3.39. The predicted octanol–water partition coefficient (Wildman–Crippen LogP) is 1.55. The lowest BCUT2D eigenvalue weighted by molar-refractivity contribution is -0.104. The summed E-state index contributed by atoms with van der Waals surface area (Å²) in [5.41, 5.74) is 6.66. The van der Waals surface area contributed by atoms with Crippen LogP contribution in [0.4, 0.5) is 0 Å². The van der Waals surface area contributed by atoms with Crippen LogP contribution >= 0.6 is 0 Å². The highest BCUT2D eigenvalue weighted by Crippen LogP contribution is 1.89. The lowest BCUT2D eigenvalue weighted by atomic mass is 10.3. The van der Waals surface area contributed by atoms with Crippen molar-refractivity contribution < 1.29 is 4.79 Å². The zero-order valence-corrected chi connectivity index (χ0v) is 6.87. The number of hydrogen-bond acceptors (Lipinski definition) is 2. The van der Waals surface area contributed by atoms with Gasteiger partial charge in [-0.05, 0) is 19.9 Å². The van der Waals surface area contributed by atoms with Gasteiger partial charge in [0, 0.05) is 0 Å². The Bertz CT molecular complexity index is 208. The third-order valence-electron chi connectivity index (χ3n) is 0.965. The van der Waals surface area contributed by atoms with Gasteiger partial charge in [-0.1, -0.05) is 23.8 Å². The first-order chi connectivity index (χ1) is 5.16. The molecule has 0 rings (SSSR count). The Morgan fingerprint density at radius 1 is 1.18 bits per heavy atom. The number of aldehydes is 1. The molecular formula is C9H13NO. The average molecular weight is 151 g/mol. The van der Waals surface area contributed by atoms with Crippen LogP contribution in [0.2, 0.25) is 0 Å². The molecule has 2 nitrogen and oxygen atoms in total. The van der Waals surface area contributed by atoms with Gasteiger partial charge in [-0.25, -0.2) is 0 Å². The third kappa shape index (κ3) is 6.58. The van der Waals surface area contributed by atoms with Crippen LogP contribution in [0.25, 0.3) is 0 Å². The normalized spacial score (nSPS) is 11.6. The number of hydrogen-bond donors (Lipinski definition) is 1. The molecule has 0 aliphatic rings. The van der Waals surface area contributed by atoms with Gasteiger partial charge in [0.05, 0.1) is 5.70 Å². The molecule has 0 aliphatic heterocycles. The molecule has 0 unspecified atom stereocenters. The molecule has 0 aromatic rings. The van der Waals surface area contributed by atoms with E-state index in [1.54, 1.807) is 12.2 Å². The smallest absolute Gasteiger partial charge is 0.165 e. The Morgan fingerprint density at radius 3 is 2.18 bits per heavy atom. The molecule has 0 aromatic heterocycles. The molecule has 60 valence electrons. The number of rotatable bonds is 3. The molecule has 0 heterocycles. The van der Waals surface area contributed by atoms with Crippen LogP contribution in [0, 0.1) is 0 Å². The summed E-state index contributed by atoms with van der Waals surface area (Å²) in [6, 6.07) is 0. The van der Waals surface area contributed by atoms with E-state index in [-0.39, 0.29) is 5.70 Å². The van der Waals surface area contributed by atoms with E-state index in [1.807, 2.05) is 26.0 Å². The van der Waals surface area contributed by atoms with E-state index in [0.717, 1.165) is 0 Å². The maximum Gasteiger partial charge on any atom is 0.165 e. The van der Waals surface area contributed by atoms with Crippen molar-refractivity contribution in [2.45, 2.75) is 13.8 Å². The summed E-state index contributed by atoms with van der Waals surface area (Å²) in [4.78, 5) is 9.99. The molecule has 0 atom stereocenters. The van der Waals surface area contributed by atoms with Crippen LogP contribution in [0.1, 0.15) is 13.8 Å². The zero-order valence-electron chi connectivity index (χ0n) is 6.87. The zero-order chi connectivity index (χ0) is 8.69. The standard InChI is InChI=1S/C9H13NO/c1-8(2)5-3-4-6-9(10)7-11/h3-7H,10H2,1-2H3. The van der Waals surface area contributed by atoms with Gasteiger partial charge in [0.2, 0.25) is 0 Å². The monoisotopic (exact) mass is 151 g/mol. The highest BCUT2D eigenvalue weighted by molar-refractivity contribution is 5.72. The van der Waals surface area contributed by atoms with Gasteiger partial charge in [-0.15, -0.1) is 0 Å². The summed E-state index contributed by atoms with van der Waals surface area (Å²) in [5, 5.41) is 0. The van der Waals surface area contributed by atoms with Crippen molar-refractivity contribution in [1.82, 2.24) is 0 Å². The topological polar surface area (TPSA) is 43.1 Å². The summed E-state index contributed by atoms with van der Waals surface area (Å²) in [6.07, 6.45) is 7.69. The number of nitrogens with two attached hydrogens (primary N) is 1. The van der Waals surface area contributed by atoms with Crippen LogP contribution in [-0.2, 0) is 4.79 Å². The van der Waals surface area contributed by atoms with E-state index in [0.29, 0.717) is 6.29 Å². The summed E-state index contributed by atoms with van der Waals surface area (Å²) < 4.78 is 0. The Hall–Kier alpha value is -1.31. The summed E-state index contributed by atoms with van der Waals surface area (Å²) in [7, 11) is 0. The van der Waals surface area contributed by atoms with Crippen LogP contribution in [0.5, 0.6) is 0 Å². The number of allylic oxidation sites excluding steroid dienone is 6. The highest BCUT2D eigenvalue weighted by Gasteiger charge is 1.77. The molecule has 0 saturated heterocycles. The van der Waals surface area contributed by atoms with E-state index in [9.17, 15) is 4.79 Å². The fourth-order valence-corrected chi connectivity index (χ4v) is 0.454. The Kier molecular flexibility index (Phi) is 4.82. The van der Waals surface area contributed by atoms with Crippen LogP contribution in [0.15, 0.2) is 35.6 Å². The van der Waals surface area contributed by atoms with Crippen molar-refractivity contribution in [3.63, 3.8) is 0 Å². The molecule has 2 N–H and O–H groups in total. The second-order valence-corrected chi connectivity index (χ2v) is 2.41. The van der Waals surface area contributed by atoms with Crippen LogP contribution in [0.3, 0.4) is 0 Å². The molecule has 2 heteroatoms. The molecule has 0 radical (unpaired) electrons. The largest absolute Gasteiger partial charge is 0.396 e. The summed E-state index contributed by atoms with van der Waals surface area (Å²) >= 11 is 0. The Balaban J connectivity index is 3.96. The average Bonchev–Trinajstić information content (AvgIpc) is 1.97. The minimum absolute atomic E-state index is 0.239. The minimum Gasteiger partial charge on any atom is -0.396 e. The van der Waals surface area contributed by atoms with Gasteiger partial charge in [-0.2, -0.15) is 0 Å². The van der Waals surface area contributed by atoms with Crippen molar-refractivity contribution >= 4 is 6.29 Å². The van der Waals surface area contributed by atoms with E-state index >= 15 is 0 Å².